The molecule has 3 aromatic rings. The van der Waals surface area contributed by atoms with Gasteiger partial charge in [0.2, 0.25) is 5.43 Å². The quantitative estimate of drug-likeness (QED) is 0.243. The fourth-order valence-electron chi connectivity index (χ4n) is 2.36. The monoisotopic (exact) mass is 427 g/mol. The van der Waals surface area contributed by atoms with Crippen molar-refractivity contribution in [2.45, 2.75) is 14.7 Å². The maximum absolute atomic E-state index is 12.9. The van der Waals surface area contributed by atoms with Gasteiger partial charge in [0.15, 0.2) is 5.58 Å². The fourth-order valence-corrected chi connectivity index (χ4v) is 4.11. The highest BCUT2D eigenvalue weighted by molar-refractivity contribution is 7.94. The van der Waals surface area contributed by atoms with Crippen LogP contribution in [0.25, 0.3) is 21.9 Å². The number of hydrogen-bond donors (Lipinski definition) is 0. The van der Waals surface area contributed by atoms with E-state index in [0.29, 0.717) is 0 Å². The third-order valence-electron chi connectivity index (χ3n) is 3.23. The lowest BCUT2D eigenvalue weighted by atomic mass is 10.1. The topological polar surface area (TPSA) is 160 Å². The number of fused-ring (bicyclic) bond motifs is 2. The van der Waals surface area contributed by atoms with Crippen LogP contribution in [-0.4, -0.2) is 13.0 Å². The van der Waals surface area contributed by atoms with Crippen molar-refractivity contribution in [1.82, 2.24) is 0 Å². The molecule has 1 aromatic heterocycles. The minimum Gasteiger partial charge on any atom is -0.454 e. The van der Waals surface area contributed by atoms with Gasteiger partial charge in [-0.05, 0) is 24.3 Å². The van der Waals surface area contributed by atoms with Crippen molar-refractivity contribution >= 4 is 57.8 Å². The van der Waals surface area contributed by atoms with E-state index in [2.05, 4.69) is 0 Å². The highest BCUT2D eigenvalue weighted by atomic mass is 32.2. The summed E-state index contributed by atoms with van der Waals surface area (Å²) in [5.41, 5.74) is -0.781. The van der Waals surface area contributed by atoms with E-state index in [1.54, 1.807) is 0 Å². The van der Waals surface area contributed by atoms with Crippen molar-refractivity contribution in [1.29, 1.82) is 0 Å². The third kappa shape index (κ3) is 3.96. The van der Waals surface area contributed by atoms with Crippen molar-refractivity contribution in [3.63, 3.8) is 0 Å². The SMILES string of the molecule is O=c1c2cc(S[N+](=O)[O-])cc(S[N+](=O)[O-])c2oc2cccc(S[N+](=O)[O-])c12. The summed E-state index contributed by atoms with van der Waals surface area (Å²) in [5.74, 6) is 0. The van der Waals surface area contributed by atoms with E-state index in [1.807, 2.05) is 0 Å². The van der Waals surface area contributed by atoms with E-state index in [4.69, 9.17) is 4.42 Å². The van der Waals surface area contributed by atoms with E-state index in [1.165, 1.54) is 30.3 Å². The van der Waals surface area contributed by atoms with Gasteiger partial charge in [-0.25, -0.2) is 0 Å². The Bertz CT molecular complexity index is 1180. The lowest BCUT2D eigenvalue weighted by molar-refractivity contribution is -0.284. The Kier molecular flexibility index (Phi) is 5.20. The number of nitrogens with zero attached hydrogens (tertiary/aromatic N) is 3. The smallest absolute Gasteiger partial charge is 0.269 e. The maximum Gasteiger partial charge on any atom is 0.269 e. The predicted molar refractivity (Wildman–Crippen MR) is 98.5 cm³/mol. The Balaban J connectivity index is 2.39. The zero-order valence-electron chi connectivity index (χ0n) is 12.7. The first-order valence-electron chi connectivity index (χ1n) is 6.77. The molecule has 3 rings (SSSR count). The lowest BCUT2D eigenvalue weighted by Crippen LogP contribution is -2.05. The van der Waals surface area contributed by atoms with Gasteiger partial charge in [-0.3, -0.25) is 35.1 Å². The number of nitro groups is 3. The molecule has 27 heavy (non-hydrogen) atoms. The lowest BCUT2D eigenvalue weighted by Gasteiger charge is -2.06. The number of benzene rings is 2. The Morgan fingerprint density at radius 2 is 1.48 bits per heavy atom. The average Bonchev–Trinajstić information content (AvgIpc) is 2.54. The molecule has 138 valence electrons. The predicted octanol–water partition coefficient (Wildman–Crippen LogP) is 3.80. The summed E-state index contributed by atoms with van der Waals surface area (Å²) in [6, 6.07) is 6.56. The second-order valence-electron chi connectivity index (χ2n) is 4.80. The molecule has 0 saturated heterocycles. The molecule has 0 N–H and O–H groups in total. The molecule has 0 unspecified atom stereocenters. The van der Waals surface area contributed by atoms with Crippen molar-refractivity contribution in [2.75, 3.05) is 0 Å². The first-order chi connectivity index (χ1) is 12.8. The Morgan fingerprint density at radius 1 is 0.852 bits per heavy atom. The summed E-state index contributed by atoms with van der Waals surface area (Å²) < 4.78 is 3.45. The van der Waals surface area contributed by atoms with Crippen LogP contribution in [0.4, 0.5) is 0 Å². The summed E-state index contributed by atoms with van der Waals surface area (Å²) in [7, 11) is 0. The van der Waals surface area contributed by atoms with Crippen molar-refractivity contribution in [3.05, 3.63) is 70.9 Å². The second-order valence-corrected chi connectivity index (χ2v) is 7.60. The summed E-state index contributed by atoms with van der Waals surface area (Å²) in [6.45, 7) is 0. The van der Waals surface area contributed by atoms with Crippen LogP contribution in [-0.2, 0) is 0 Å². The molecule has 0 aliphatic rings. The van der Waals surface area contributed by atoms with Crippen LogP contribution in [0.3, 0.4) is 0 Å². The molecule has 11 nitrogen and oxygen atoms in total. The van der Waals surface area contributed by atoms with E-state index in [9.17, 15) is 35.1 Å². The van der Waals surface area contributed by atoms with E-state index < -0.39 is 18.4 Å². The molecule has 0 aliphatic carbocycles. The molecule has 1 heterocycles. The molecule has 0 saturated carbocycles. The van der Waals surface area contributed by atoms with E-state index in [0.717, 1.165) is 0 Å². The Labute approximate surface area is 160 Å². The molecule has 0 spiro atoms. The molecule has 0 radical (unpaired) electrons. The molecule has 14 heteroatoms. The average molecular weight is 427 g/mol. The molecular weight excluding hydrogens is 422 g/mol. The van der Waals surface area contributed by atoms with Crippen LogP contribution < -0.4 is 5.43 Å². The van der Waals surface area contributed by atoms with Gasteiger partial charge in [0.1, 0.15) is 23.5 Å². The minimum atomic E-state index is -0.738. The van der Waals surface area contributed by atoms with Crippen LogP contribution in [0, 0.1) is 30.3 Å². The fraction of sp³-hybridized carbons (Fsp3) is 0. The van der Waals surface area contributed by atoms with E-state index >= 15 is 0 Å². The molecule has 0 aliphatic heterocycles. The molecular formula is C13H5N3O8S3. The maximum atomic E-state index is 12.9. The van der Waals surface area contributed by atoms with Gasteiger partial charge in [0.25, 0.3) is 35.8 Å². The third-order valence-corrected chi connectivity index (χ3v) is 5.16. The standard InChI is InChI=1S/C13H5N3O8S3/c17-12-7-4-6(25-14(18)19)5-10(27-16(22)23)13(7)24-8-2-1-3-9(11(8)12)26-15(20)21/h1-5H. The summed E-state index contributed by atoms with van der Waals surface area (Å²) in [4.78, 5) is 45.3. The van der Waals surface area contributed by atoms with Crippen molar-refractivity contribution in [3.8, 4) is 0 Å². The van der Waals surface area contributed by atoms with Crippen LogP contribution in [0.15, 0.2) is 54.2 Å². The summed E-state index contributed by atoms with van der Waals surface area (Å²) >= 11 is 0.533. The molecule has 2 aromatic carbocycles. The van der Waals surface area contributed by atoms with Gasteiger partial charge in [-0.2, -0.15) is 0 Å². The summed E-state index contributed by atoms with van der Waals surface area (Å²) in [5, 5.41) is 32.3. The highest BCUT2D eigenvalue weighted by Gasteiger charge is 2.23. The Morgan fingerprint density at radius 3 is 2.11 bits per heavy atom. The first-order valence-corrected chi connectivity index (χ1v) is 9.09. The normalized spacial score (nSPS) is 11.0. The first kappa shape index (κ1) is 18.9. The van der Waals surface area contributed by atoms with Gasteiger partial charge < -0.3 is 4.42 Å². The number of rotatable bonds is 6. The number of hydrogen-bond acceptors (Lipinski definition) is 11. The van der Waals surface area contributed by atoms with E-state index in [-0.39, 0.29) is 72.5 Å². The molecule has 0 atom stereocenters. The van der Waals surface area contributed by atoms with Crippen LogP contribution in [0.1, 0.15) is 0 Å². The molecule has 0 bridgehead atoms. The van der Waals surface area contributed by atoms with Gasteiger partial charge in [-0.15, -0.1) is 0 Å². The molecule has 0 amide bonds. The highest BCUT2D eigenvalue weighted by Crippen LogP contribution is 2.35. The van der Waals surface area contributed by atoms with Gasteiger partial charge >= 0.3 is 0 Å². The van der Waals surface area contributed by atoms with Gasteiger partial charge in [0, 0.05) is 0 Å². The van der Waals surface area contributed by atoms with Crippen LogP contribution >= 0.6 is 35.8 Å². The van der Waals surface area contributed by atoms with Gasteiger partial charge in [0.05, 0.1) is 20.6 Å². The van der Waals surface area contributed by atoms with Crippen LogP contribution in [0.2, 0.25) is 0 Å². The zero-order chi connectivity index (χ0) is 19.7. The molecule has 0 fully saturated rings. The van der Waals surface area contributed by atoms with Gasteiger partial charge in [-0.1, -0.05) is 6.07 Å². The Hall–Kier alpha value is -2.84. The van der Waals surface area contributed by atoms with Crippen molar-refractivity contribution in [2.24, 2.45) is 0 Å². The zero-order valence-corrected chi connectivity index (χ0v) is 15.2. The second kappa shape index (κ2) is 7.42. The minimum absolute atomic E-state index is 0.0112. The van der Waals surface area contributed by atoms with Crippen molar-refractivity contribution < 1.29 is 17.4 Å². The summed E-state index contributed by atoms with van der Waals surface area (Å²) in [6.07, 6.45) is 0. The largest absolute Gasteiger partial charge is 0.454 e. The van der Waals surface area contributed by atoms with Crippen LogP contribution in [0.5, 0.6) is 0 Å².